The number of anilines is 4. The van der Waals surface area contributed by atoms with Crippen molar-refractivity contribution in [2.24, 2.45) is 0 Å². The van der Waals surface area contributed by atoms with E-state index in [9.17, 15) is 9.18 Å². The van der Waals surface area contributed by atoms with Gasteiger partial charge in [0.2, 0.25) is 5.91 Å². The van der Waals surface area contributed by atoms with Gasteiger partial charge in [-0.1, -0.05) is 6.07 Å². The molecule has 3 rings (SSSR count). The molecule has 2 aromatic carbocycles. The maximum Gasteiger partial charge on any atom is 0.224 e. The second kappa shape index (κ2) is 5.09. The van der Waals surface area contributed by atoms with E-state index in [1.807, 2.05) is 13.0 Å². The molecule has 0 aliphatic carbocycles. The largest absolute Gasteiger partial charge is 0.397 e. The molecule has 5 heteroatoms. The summed E-state index contributed by atoms with van der Waals surface area (Å²) in [6.45, 7) is 1.90. The lowest BCUT2D eigenvalue weighted by Gasteiger charge is -2.20. The third-order valence-electron chi connectivity index (χ3n) is 3.56. The van der Waals surface area contributed by atoms with E-state index in [4.69, 9.17) is 5.73 Å². The molecule has 1 aliphatic rings. The number of nitrogens with one attached hydrogen (secondary N) is 2. The van der Waals surface area contributed by atoms with Gasteiger partial charge in [-0.2, -0.15) is 0 Å². The topological polar surface area (TPSA) is 67.2 Å². The van der Waals surface area contributed by atoms with Crippen LogP contribution < -0.4 is 16.4 Å². The number of hydrogen-bond acceptors (Lipinski definition) is 3. The van der Waals surface area contributed by atoms with Crippen LogP contribution in [0, 0.1) is 12.7 Å². The Morgan fingerprint density at radius 2 is 2.00 bits per heavy atom. The third kappa shape index (κ3) is 2.67. The van der Waals surface area contributed by atoms with Crippen molar-refractivity contribution in [2.75, 3.05) is 16.4 Å². The average molecular weight is 285 g/mol. The van der Waals surface area contributed by atoms with Crippen molar-refractivity contribution in [2.45, 2.75) is 19.8 Å². The van der Waals surface area contributed by atoms with Crippen molar-refractivity contribution in [1.82, 2.24) is 0 Å². The van der Waals surface area contributed by atoms with Crippen LogP contribution in [-0.2, 0) is 11.2 Å². The molecule has 1 heterocycles. The molecule has 21 heavy (non-hydrogen) atoms. The van der Waals surface area contributed by atoms with Gasteiger partial charge in [-0.05, 0) is 48.7 Å². The Bertz CT molecular complexity index is 728. The predicted octanol–water partition coefficient (Wildman–Crippen LogP) is 3.34. The summed E-state index contributed by atoms with van der Waals surface area (Å²) in [5, 5.41) is 5.82. The Labute approximate surface area is 122 Å². The van der Waals surface area contributed by atoms with Crippen molar-refractivity contribution in [3.63, 3.8) is 0 Å². The monoisotopic (exact) mass is 285 g/mol. The number of carbonyl (C=O) groups is 1. The summed E-state index contributed by atoms with van der Waals surface area (Å²) >= 11 is 0. The fourth-order valence-corrected chi connectivity index (χ4v) is 2.43. The molecule has 4 N–H and O–H groups in total. The second-order valence-electron chi connectivity index (χ2n) is 5.25. The Morgan fingerprint density at radius 1 is 1.19 bits per heavy atom. The summed E-state index contributed by atoms with van der Waals surface area (Å²) in [7, 11) is 0. The zero-order valence-electron chi connectivity index (χ0n) is 11.7. The number of benzene rings is 2. The second-order valence-corrected chi connectivity index (χ2v) is 5.25. The number of hydrogen-bond donors (Lipinski definition) is 3. The number of nitrogens with two attached hydrogens (primary N) is 1. The normalized spacial score (nSPS) is 13.5. The van der Waals surface area contributed by atoms with Crippen molar-refractivity contribution in [3.05, 3.63) is 47.3 Å². The van der Waals surface area contributed by atoms with Crippen LogP contribution >= 0.6 is 0 Å². The van der Waals surface area contributed by atoms with Crippen LogP contribution in [0.2, 0.25) is 0 Å². The first-order chi connectivity index (χ1) is 10.0. The zero-order valence-corrected chi connectivity index (χ0v) is 11.7. The zero-order chi connectivity index (χ0) is 15.0. The van der Waals surface area contributed by atoms with Gasteiger partial charge in [-0.15, -0.1) is 0 Å². The van der Waals surface area contributed by atoms with Gasteiger partial charge in [-0.25, -0.2) is 4.39 Å². The fourth-order valence-electron chi connectivity index (χ4n) is 2.43. The highest BCUT2D eigenvalue weighted by Crippen LogP contribution is 2.33. The van der Waals surface area contributed by atoms with E-state index in [0.29, 0.717) is 29.9 Å². The molecule has 0 unspecified atom stereocenters. The van der Waals surface area contributed by atoms with E-state index in [-0.39, 0.29) is 11.7 Å². The minimum absolute atomic E-state index is 0.00709. The number of carbonyl (C=O) groups excluding carboxylic acids is 1. The standard InChI is InChI=1S/C16H16FN3O/c1-9-2-4-11(17)14(6-9)19-15-7-10-3-5-16(21)20-13(10)8-12(15)18/h2,4,6-8,19H,3,5,18H2,1H3,(H,20,21). The minimum atomic E-state index is -0.328. The lowest BCUT2D eigenvalue weighted by molar-refractivity contribution is -0.116. The lowest BCUT2D eigenvalue weighted by atomic mass is 10.0. The summed E-state index contributed by atoms with van der Waals surface area (Å²) < 4.78 is 13.8. The maximum absolute atomic E-state index is 13.8. The van der Waals surface area contributed by atoms with Gasteiger partial charge >= 0.3 is 0 Å². The van der Waals surface area contributed by atoms with E-state index < -0.39 is 0 Å². The highest BCUT2D eigenvalue weighted by atomic mass is 19.1. The quantitative estimate of drug-likeness (QED) is 0.741. The van der Waals surface area contributed by atoms with E-state index >= 15 is 0 Å². The van der Waals surface area contributed by atoms with Crippen LogP contribution in [0.4, 0.5) is 27.1 Å². The summed E-state index contributed by atoms with van der Waals surface area (Å²) in [6, 6.07) is 8.45. The number of amides is 1. The number of halogens is 1. The first-order valence-corrected chi connectivity index (χ1v) is 6.78. The molecule has 2 aromatic rings. The molecule has 0 saturated carbocycles. The van der Waals surface area contributed by atoms with Crippen molar-refractivity contribution < 1.29 is 9.18 Å². The Balaban J connectivity index is 1.96. The summed E-state index contributed by atoms with van der Waals surface area (Å²) in [4.78, 5) is 11.4. The van der Waals surface area contributed by atoms with Gasteiger partial charge in [0.25, 0.3) is 0 Å². The SMILES string of the molecule is Cc1ccc(F)c(Nc2cc3c(cc2N)NC(=O)CC3)c1. The molecule has 0 saturated heterocycles. The van der Waals surface area contributed by atoms with E-state index in [0.717, 1.165) is 16.8 Å². The smallest absolute Gasteiger partial charge is 0.224 e. The van der Waals surface area contributed by atoms with Crippen LogP contribution in [0.5, 0.6) is 0 Å². The van der Waals surface area contributed by atoms with Crippen LogP contribution in [0.1, 0.15) is 17.5 Å². The molecule has 1 amide bonds. The van der Waals surface area contributed by atoms with Crippen molar-refractivity contribution in [3.8, 4) is 0 Å². The molecule has 0 spiro atoms. The van der Waals surface area contributed by atoms with Crippen LogP contribution in [-0.4, -0.2) is 5.91 Å². The first kappa shape index (κ1) is 13.4. The first-order valence-electron chi connectivity index (χ1n) is 6.78. The van der Waals surface area contributed by atoms with Gasteiger partial charge in [0.05, 0.1) is 17.1 Å². The Kier molecular flexibility index (Phi) is 3.25. The number of rotatable bonds is 2. The van der Waals surface area contributed by atoms with Crippen LogP contribution in [0.15, 0.2) is 30.3 Å². The molecule has 0 radical (unpaired) electrons. The summed E-state index contributed by atoms with van der Waals surface area (Å²) in [5.74, 6) is -0.335. The van der Waals surface area contributed by atoms with Gasteiger partial charge in [0.1, 0.15) is 5.82 Å². The molecule has 0 fully saturated rings. The molecule has 1 aliphatic heterocycles. The maximum atomic E-state index is 13.8. The lowest BCUT2D eigenvalue weighted by Crippen LogP contribution is -2.19. The third-order valence-corrected chi connectivity index (χ3v) is 3.56. The van der Waals surface area contributed by atoms with Gasteiger partial charge < -0.3 is 16.4 Å². The van der Waals surface area contributed by atoms with E-state index in [1.165, 1.54) is 6.07 Å². The molecule has 0 bridgehead atoms. The molecule has 4 nitrogen and oxygen atoms in total. The van der Waals surface area contributed by atoms with E-state index in [1.54, 1.807) is 18.2 Å². The molecule has 0 atom stereocenters. The molecule has 0 aromatic heterocycles. The highest BCUT2D eigenvalue weighted by molar-refractivity contribution is 5.95. The number of nitrogen functional groups attached to an aromatic ring is 1. The Hall–Kier alpha value is -2.56. The fraction of sp³-hybridized carbons (Fsp3) is 0.188. The van der Waals surface area contributed by atoms with Crippen LogP contribution in [0.3, 0.4) is 0 Å². The van der Waals surface area contributed by atoms with Gasteiger partial charge in [0, 0.05) is 12.1 Å². The number of aryl methyl sites for hydroxylation is 2. The Morgan fingerprint density at radius 3 is 2.81 bits per heavy atom. The predicted molar refractivity (Wildman–Crippen MR) is 82.2 cm³/mol. The number of fused-ring (bicyclic) bond motifs is 1. The molecular weight excluding hydrogens is 269 g/mol. The van der Waals surface area contributed by atoms with Gasteiger partial charge in [-0.3, -0.25) is 4.79 Å². The highest BCUT2D eigenvalue weighted by Gasteiger charge is 2.17. The van der Waals surface area contributed by atoms with Crippen LogP contribution in [0.25, 0.3) is 0 Å². The molecular formula is C16H16FN3O. The average Bonchev–Trinajstić information content (AvgIpc) is 2.44. The summed E-state index contributed by atoms with van der Waals surface area (Å²) in [5.41, 5.74) is 10.2. The van der Waals surface area contributed by atoms with E-state index in [2.05, 4.69) is 10.6 Å². The molecule has 108 valence electrons. The van der Waals surface area contributed by atoms with Crippen molar-refractivity contribution in [1.29, 1.82) is 0 Å². The minimum Gasteiger partial charge on any atom is -0.397 e. The van der Waals surface area contributed by atoms with Crippen molar-refractivity contribution >= 4 is 28.7 Å². The van der Waals surface area contributed by atoms with Gasteiger partial charge in [0.15, 0.2) is 0 Å². The summed E-state index contributed by atoms with van der Waals surface area (Å²) in [6.07, 6.45) is 1.11.